The molecule has 0 spiro atoms. The van der Waals surface area contributed by atoms with Crippen molar-refractivity contribution in [3.05, 3.63) is 106 Å². The van der Waals surface area contributed by atoms with Crippen molar-refractivity contribution in [3.63, 3.8) is 0 Å². The number of carbonyl (C=O) groups excluding carboxylic acids is 1. The van der Waals surface area contributed by atoms with Crippen LogP contribution in [0.1, 0.15) is 40.8 Å². The Hall–Kier alpha value is -3.15. The minimum atomic E-state index is -1.08. The zero-order chi connectivity index (χ0) is 22.7. The number of rotatable bonds is 6. The SMILES string of the molecule is Cc1ccc(C2C(c3cccc(Cl)c3)OC(CC(=O)O)C(=O)N2Cc2ccccc2)cc1. The van der Waals surface area contributed by atoms with Crippen LogP contribution in [0.2, 0.25) is 5.02 Å². The van der Waals surface area contributed by atoms with Gasteiger partial charge in [0.25, 0.3) is 5.91 Å². The standard InChI is InChI=1S/C26H24ClNO4/c1-17-10-12-19(13-11-17)24-25(20-8-5-9-21(27)14-20)32-22(15-23(29)30)26(31)28(24)16-18-6-3-2-4-7-18/h2-14,22,24-25H,15-16H2,1H3,(H,29,30). The second-order valence-corrected chi connectivity index (χ2v) is 8.44. The van der Waals surface area contributed by atoms with Crippen molar-refractivity contribution in [3.8, 4) is 0 Å². The molecule has 1 amide bonds. The van der Waals surface area contributed by atoms with Crippen molar-refractivity contribution in [2.24, 2.45) is 0 Å². The third kappa shape index (κ3) is 4.85. The summed E-state index contributed by atoms with van der Waals surface area (Å²) in [5, 5.41) is 9.95. The molecule has 1 aliphatic heterocycles. The molecule has 5 nitrogen and oxygen atoms in total. The Kier molecular flexibility index (Phi) is 6.58. The number of carboxylic acid groups (broad SMARTS) is 1. The highest BCUT2D eigenvalue weighted by atomic mass is 35.5. The molecule has 3 atom stereocenters. The predicted molar refractivity (Wildman–Crippen MR) is 122 cm³/mol. The van der Waals surface area contributed by atoms with Gasteiger partial charge >= 0.3 is 5.97 Å². The van der Waals surface area contributed by atoms with E-state index in [1.807, 2.05) is 79.7 Å². The van der Waals surface area contributed by atoms with E-state index in [1.165, 1.54) is 0 Å². The molecule has 1 aliphatic rings. The summed E-state index contributed by atoms with van der Waals surface area (Å²) < 4.78 is 6.19. The molecule has 1 fully saturated rings. The maximum Gasteiger partial charge on any atom is 0.306 e. The van der Waals surface area contributed by atoms with E-state index in [1.54, 1.807) is 11.0 Å². The zero-order valence-electron chi connectivity index (χ0n) is 17.6. The van der Waals surface area contributed by atoms with Crippen molar-refractivity contribution in [1.82, 2.24) is 4.90 Å². The van der Waals surface area contributed by atoms with Crippen molar-refractivity contribution >= 4 is 23.5 Å². The van der Waals surface area contributed by atoms with Crippen molar-refractivity contribution in [2.75, 3.05) is 0 Å². The lowest BCUT2D eigenvalue weighted by molar-refractivity contribution is -0.180. The van der Waals surface area contributed by atoms with Gasteiger partial charge in [-0.05, 0) is 35.7 Å². The van der Waals surface area contributed by atoms with Gasteiger partial charge in [-0.15, -0.1) is 0 Å². The summed E-state index contributed by atoms with van der Waals surface area (Å²) in [4.78, 5) is 26.7. The number of nitrogens with zero attached hydrogens (tertiary/aromatic N) is 1. The largest absolute Gasteiger partial charge is 0.481 e. The fourth-order valence-electron chi connectivity index (χ4n) is 4.11. The van der Waals surface area contributed by atoms with Crippen LogP contribution in [0.5, 0.6) is 0 Å². The minimum absolute atomic E-state index is 0.333. The average molecular weight is 450 g/mol. The highest BCUT2D eigenvalue weighted by Crippen LogP contribution is 2.43. The van der Waals surface area contributed by atoms with E-state index < -0.39 is 30.6 Å². The van der Waals surface area contributed by atoms with Crippen LogP contribution in [0.15, 0.2) is 78.9 Å². The van der Waals surface area contributed by atoms with Crippen LogP contribution in [0.4, 0.5) is 0 Å². The lowest BCUT2D eigenvalue weighted by atomic mass is 9.90. The quantitative estimate of drug-likeness (QED) is 0.552. The molecular weight excluding hydrogens is 426 g/mol. The van der Waals surface area contributed by atoms with E-state index in [0.717, 1.165) is 22.3 Å². The van der Waals surface area contributed by atoms with Crippen LogP contribution in [-0.4, -0.2) is 28.0 Å². The van der Waals surface area contributed by atoms with Gasteiger partial charge in [0.05, 0.1) is 12.5 Å². The Morgan fingerprint density at radius 3 is 2.38 bits per heavy atom. The molecule has 6 heteroatoms. The second kappa shape index (κ2) is 9.55. The smallest absolute Gasteiger partial charge is 0.306 e. The van der Waals surface area contributed by atoms with Gasteiger partial charge in [0.15, 0.2) is 0 Å². The summed E-state index contributed by atoms with van der Waals surface area (Å²) in [6.45, 7) is 2.35. The van der Waals surface area contributed by atoms with Crippen LogP contribution in [0, 0.1) is 6.92 Å². The molecule has 3 aromatic carbocycles. The van der Waals surface area contributed by atoms with Gasteiger partial charge in [-0.2, -0.15) is 0 Å². The third-order valence-electron chi connectivity index (χ3n) is 5.64. The fraction of sp³-hybridized carbons (Fsp3) is 0.231. The summed E-state index contributed by atoms with van der Waals surface area (Å²) in [6.07, 6.45) is -2.05. The summed E-state index contributed by atoms with van der Waals surface area (Å²) >= 11 is 6.26. The van der Waals surface area contributed by atoms with Gasteiger partial charge in [-0.25, -0.2) is 0 Å². The number of halogens is 1. The molecule has 1 saturated heterocycles. The molecule has 0 radical (unpaired) electrons. The Morgan fingerprint density at radius 1 is 1.00 bits per heavy atom. The Labute approximate surface area is 192 Å². The molecule has 0 aliphatic carbocycles. The van der Waals surface area contributed by atoms with Crippen LogP contribution in [0.25, 0.3) is 0 Å². The minimum Gasteiger partial charge on any atom is -0.481 e. The lowest BCUT2D eigenvalue weighted by Crippen LogP contribution is -2.51. The van der Waals surface area contributed by atoms with Gasteiger partial charge in [0, 0.05) is 11.6 Å². The molecule has 4 rings (SSSR count). The zero-order valence-corrected chi connectivity index (χ0v) is 18.4. The summed E-state index contributed by atoms with van der Waals surface area (Å²) in [6, 6.07) is 24.5. The molecule has 3 unspecified atom stereocenters. The van der Waals surface area contributed by atoms with Crippen LogP contribution in [0.3, 0.4) is 0 Å². The molecule has 32 heavy (non-hydrogen) atoms. The Bertz CT molecular complexity index is 1100. The first-order chi connectivity index (χ1) is 15.4. The van der Waals surface area contributed by atoms with E-state index in [-0.39, 0.29) is 5.91 Å². The first-order valence-electron chi connectivity index (χ1n) is 10.5. The summed E-state index contributed by atoms with van der Waals surface area (Å²) in [7, 11) is 0. The molecule has 3 aromatic rings. The third-order valence-corrected chi connectivity index (χ3v) is 5.88. The highest BCUT2D eigenvalue weighted by Gasteiger charge is 2.44. The van der Waals surface area contributed by atoms with E-state index in [4.69, 9.17) is 16.3 Å². The number of aryl methyl sites for hydroxylation is 1. The van der Waals surface area contributed by atoms with E-state index >= 15 is 0 Å². The lowest BCUT2D eigenvalue weighted by Gasteiger charge is -2.44. The highest BCUT2D eigenvalue weighted by molar-refractivity contribution is 6.30. The number of ether oxygens (including phenoxy) is 1. The molecular formula is C26H24ClNO4. The van der Waals surface area contributed by atoms with Gasteiger partial charge in [-0.3, -0.25) is 9.59 Å². The Morgan fingerprint density at radius 2 is 1.72 bits per heavy atom. The first-order valence-corrected chi connectivity index (χ1v) is 10.8. The van der Waals surface area contributed by atoms with E-state index in [2.05, 4.69) is 0 Å². The summed E-state index contributed by atoms with van der Waals surface area (Å²) in [5.41, 5.74) is 3.77. The number of carboxylic acids is 1. The maximum absolute atomic E-state index is 13.5. The first kappa shape index (κ1) is 22.1. The molecule has 0 saturated carbocycles. The number of carbonyl (C=O) groups is 2. The Balaban J connectivity index is 1.83. The molecule has 0 aromatic heterocycles. The monoisotopic (exact) mass is 449 g/mol. The van der Waals surface area contributed by atoms with Gasteiger partial charge in [-0.1, -0.05) is 83.9 Å². The van der Waals surface area contributed by atoms with E-state index in [9.17, 15) is 14.7 Å². The fourth-order valence-corrected chi connectivity index (χ4v) is 4.31. The average Bonchev–Trinajstić information content (AvgIpc) is 2.77. The summed E-state index contributed by atoms with van der Waals surface area (Å²) in [5.74, 6) is -1.42. The molecule has 164 valence electrons. The van der Waals surface area contributed by atoms with E-state index in [0.29, 0.717) is 11.6 Å². The van der Waals surface area contributed by atoms with Gasteiger partial charge in [0.1, 0.15) is 12.2 Å². The molecule has 0 bridgehead atoms. The number of hydrogen-bond acceptors (Lipinski definition) is 3. The number of morpholine rings is 1. The van der Waals surface area contributed by atoms with Crippen LogP contribution < -0.4 is 0 Å². The number of benzene rings is 3. The van der Waals surface area contributed by atoms with Crippen LogP contribution in [-0.2, 0) is 20.9 Å². The van der Waals surface area contributed by atoms with Gasteiger partial charge < -0.3 is 14.7 Å². The van der Waals surface area contributed by atoms with Gasteiger partial charge in [0.2, 0.25) is 0 Å². The topological polar surface area (TPSA) is 66.8 Å². The maximum atomic E-state index is 13.5. The molecule has 1 N–H and O–H groups in total. The predicted octanol–water partition coefficient (Wildman–Crippen LogP) is 5.33. The van der Waals surface area contributed by atoms with Crippen molar-refractivity contribution in [1.29, 1.82) is 0 Å². The van der Waals surface area contributed by atoms with Crippen LogP contribution >= 0.6 is 11.6 Å². The number of amides is 1. The second-order valence-electron chi connectivity index (χ2n) is 8.01. The van der Waals surface area contributed by atoms with Crippen molar-refractivity contribution in [2.45, 2.75) is 38.1 Å². The number of hydrogen-bond donors (Lipinski definition) is 1. The number of aliphatic carboxylic acids is 1. The normalized spacial score (nSPS) is 20.9. The molecule has 1 heterocycles. The van der Waals surface area contributed by atoms with Crippen molar-refractivity contribution < 1.29 is 19.4 Å².